The van der Waals surface area contributed by atoms with Gasteiger partial charge in [-0.2, -0.15) is 0 Å². The molecular weight excluding hydrogens is 244 g/mol. The molecule has 104 valence electrons. The third-order valence-electron chi connectivity index (χ3n) is 2.89. The highest BCUT2D eigenvalue weighted by Crippen LogP contribution is 2.17. The summed E-state index contributed by atoms with van der Waals surface area (Å²) in [6.45, 7) is 2.77. The van der Waals surface area contributed by atoms with Gasteiger partial charge in [0.05, 0.1) is 11.3 Å². The second-order valence-corrected chi connectivity index (χ2v) is 4.47. The van der Waals surface area contributed by atoms with Gasteiger partial charge < -0.3 is 5.32 Å². The molecule has 1 aromatic rings. The van der Waals surface area contributed by atoms with Crippen molar-refractivity contribution >= 4 is 11.6 Å². The summed E-state index contributed by atoms with van der Waals surface area (Å²) in [5.74, 6) is -0.161. The molecule has 0 spiro atoms. The third kappa shape index (κ3) is 5.50. The minimum Gasteiger partial charge on any atom is -0.356 e. The first-order chi connectivity index (χ1) is 9.15. The van der Waals surface area contributed by atoms with E-state index in [-0.39, 0.29) is 18.0 Å². The molecule has 1 aromatic carbocycles. The lowest BCUT2D eigenvalue weighted by Crippen LogP contribution is -2.26. The molecular formula is C14H20N2O3. The first-order valence-corrected chi connectivity index (χ1v) is 6.64. The fourth-order valence-corrected chi connectivity index (χ4v) is 1.85. The predicted molar refractivity (Wildman–Crippen MR) is 74.0 cm³/mol. The first kappa shape index (κ1) is 15.1. The molecule has 0 unspecified atom stereocenters. The molecule has 1 amide bonds. The van der Waals surface area contributed by atoms with Crippen molar-refractivity contribution in [3.05, 3.63) is 39.9 Å². The fourth-order valence-electron chi connectivity index (χ4n) is 1.85. The normalized spacial score (nSPS) is 10.2. The molecule has 19 heavy (non-hydrogen) atoms. The van der Waals surface area contributed by atoms with Crippen LogP contribution in [0.25, 0.3) is 0 Å². The average Bonchev–Trinajstić information content (AvgIpc) is 2.39. The zero-order valence-corrected chi connectivity index (χ0v) is 11.2. The number of amides is 1. The van der Waals surface area contributed by atoms with E-state index >= 15 is 0 Å². The smallest absolute Gasteiger partial charge is 0.273 e. The van der Waals surface area contributed by atoms with Crippen LogP contribution in [-0.4, -0.2) is 17.4 Å². The van der Waals surface area contributed by atoms with Gasteiger partial charge in [0.15, 0.2) is 0 Å². The Labute approximate surface area is 113 Å². The van der Waals surface area contributed by atoms with Crippen molar-refractivity contribution in [3.8, 4) is 0 Å². The first-order valence-electron chi connectivity index (χ1n) is 6.64. The molecule has 1 rings (SSSR count). The summed E-state index contributed by atoms with van der Waals surface area (Å²) in [6.07, 6.45) is 4.44. The highest BCUT2D eigenvalue weighted by Gasteiger charge is 2.14. The van der Waals surface area contributed by atoms with E-state index < -0.39 is 4.92 Å². The van der Waals surface area contributed by atoms with Crippen molar-refractivity contribution in [2.75, 3.05) is 6.54 Å². The lowest BCUT2D eigenvalue weighted by atomic mass is 10.1. The van der Waals surface area contributed by atoms with E-state index in [9.17, 15) is 14.9 Å². The highest BCUT2D eigenvalue weighted by atomic mass is 16.6. The Hall–Kier alpha value is -1.91. The molecule has 0 fully saturated rings. The summed E-state index contributed by atoms with van der Waals surface area (Å²) in [5.41, 5.74) is 0.460. The van der Waals surface area contributed by atoms with Crippen LogP contribution in [0.1, 0.15) is 38.2 Å². The summed E-state index contributed by atoms with van der Waals surface area (Å²) in [6, 6.07) is 6.35. The molecule has 5 heteroatoms. The Bertz CT molecular complexity index is 432. The second kappa shape index (κ2) is 8.24. The van der Waals surface area contributed by atoms with Gasteiger partial charge in [-0.05, 0) is 6.42 Å². The number of carbonyl (C=O) groups is 1. The van der Waals surface area contributed by atoms with E-state index in [1.54, 1.807) is 18.2 Å². The van der Waals surface area contributed by atoms with Crippen LogP contribution in [0.3, 0.4) is 0 Å². The SMILES string of the molecule is CCCCCCNC(=O)Cc1ccccc1[N+](=O)[O-]. The molecule has 0 aliphatic carbocycles. The number of rotatable bonds is 8. The lowest BCUT2D eigenvalue weighted by Gasteiger charge is -2.05. The Morgan fingerprint density at radius 2 is 2.00 bits per heavy atom. The van der Waals surface area contributed by atoms with Gasteiger partial charge in [0.25, 0.3) is 5.69 Å². The number of nitro benzene ring substituents is 1. The molecule has 0 saturated heterocycles. The van der Waals surface area contributed by atoms with Crippen LogP contribution in [0.5, 0.6) is 0 Å². The third-order valence-corrected chi connectivity index (χ3v) is 2.89. The Morgan fingerprint density at radius 1 is 1.26 bits per heavy atom. The van der Waals surface area contributed by atoms with E-state index in [1.807, 2.05) is 0 Å². The highest BCUT2D eigenvalue weighted by molar-refractivity contribution is 5.79. The lowest BCUT2D eigenvalue weighted by molar-refractivity contribution is -0.385. The molecule has 0 aliphatic rings. The van der Waals surface area contributed by atoms with Crippen LogP contribution in [0, 0.1) is 10.1 Å². The average molecular weight is 264 g/mol. The van der Waals surface area contributed by atoms with Gasteiger partial charge in [0, 0.05) is 18.2 Å². The number of benzene rings is 1. The number of nitro groups is 1. The molecule has 5 nitrogen and oxygen atoms in total. The maximum absolute atomic E-state index is 11.7. The Morgan fingerprint density at radius 3 is 2.68 bits per heavy atom. The minimum atomic E-state index is -0.455. The van der Waals surface area contributed by atoms with E-state index in [2.05, 4.69) is 12.2 Å². The largest absolute Gasteiger partial charge is 0.356 e. The Kier molecular flexibility index (Phi) is 6.57. The predicted octanol–water partition coefficient (Wildman–Crippen LogP) is 2.83. The van der Waals surface area contributed by atoms with Crippen molar-refractivity contribution in [1.29, 1.82) is 0 Å². The van der Waals surface area contributed by atoms with Crippen LogP contribution in [0.2, 0.25) is 0 Å². The van der Waals surface area contributed by atoms with Gasteiger partial charge in [0.2, 0.25) is 5.91 Å². The Balaban J connectivity index is 2.42. The summed E-state index contributed by atoms with van der Waals surface area (Å²) in [5, 5.41) is 13.6. The van der Waals surface area contributed by atoms with Gasteiger partial charge in [0.1, 0.15) is 0 Å². The number of nitrogens with one attached hydrogen (secondary N) is 1. The van der Waals surface area contributed by atoms with Crippen molar-refractivity contribution in [2.45, 2.75) is 39.0 Å². The van der Waals surface area contributed by atoms with Crippen LogP contribution in [-0.2, 0) is 11.2 Å². The molecule has 0 bridgehead atoms. The molecule has 0 saturated carbocycles. The maximum Gasteiger partial charge on any atom is 0.273 e. The summed E-state index contributed by atoms with van der Waals surface area (Å²) in [7, 11) is 0. The van der Waals surface area contributed by atoms with Crippen LogP contribution < -0.4 is 5.32 Å². The standard InChI is InChI=1S/C14H20N2O3/c1-2-3-4-7-10-15-14(17)11-12-8-5-6-9-13(12)16(18)19/h5-6,8-9H,2-4,7,10-11H2,1H3,(H,15,17). The van der Waals surface area contributed by atoms with Crippen molar-refractivity contribution in [3.63, 3.8) is 0 Å². The van der Waals surface area contributed by atoms with Crippen LogP contribution in [0.15, 0.2) is 24.3 Å². The number of para-hydroxylation sites is 1. The summed E-state index contributed by atoms with van der Waals surface area (Å²) in [4.78, 5) is 22.0. The van der Waals surface area contributed by atoms with Crippen LogP contribution in [0.4, 0.5) is 5.69 Å². The van der Waals surface area contributed by atoms with E-state index in [4.69, 9.17) is 0 Å². The van der Waals surface area contributed by atoms with Gasteiger partial charge in [-0.3, -0.25) is 14.9 Å². The number of nitrogens with zero attached hydrogens (tertiary/aromatic N) is 1. The summed E-state index contributed by atoms with van der Waals surface area (Å²) < 4.78 is 0. The van der Waals surface area contributed by atoms with Gasteiger partial charge in [-0.25, -0.2) is 0 Å². The molecule has 0 atom stereocenters. The number of unbranched alkanes of at least 4 members (excludes halogenated alkanes) is 3. The molecule has 0 heterocycles. The molecule has 1 N–H and O–H groups in total. The number of hydrogen-bond acceptors (Lipinski definition) is 3. The van der Waals surface area contributed by atoms with Gasteiger partial charge >= 0.3 is 0 Å². The zero-order valence-electron chi connectivity index (χ0n) is 11.2. The maximum atomic E-state index is 11.7. The quantitative estimate of drug-likeness (QED) is 0.446. The van der Waals surface area contributed by atoms with Gasteiger partial charge in [-0.15, -0.1) is 0 Å². The number of hydrogen-bond donors (Lipinski definition) is 1. The monoisotopic (exact) mass is 264 g/mol. The van der Waals surface area contributed by atoms with E-state index in [0.29, 0.717) is 12.1 Å². The molecule has 0 aliphatic heterocycles. The zero-order chi connectivity index (χ0) is 14.1. The van der Waals surface area contributed by atoms with Crippen molar-refractivity contribution in [2.24, 2.45) is 0 Å². The van der Waals surface area contributed by atoms with Crippen LogP contribution >= 0.6 is 0 Å². The second-order valence-electron chi connectivity index (χ2n) is 4.47. The summed E-state index contributed by atoms with van der Waals surface area (Å²) >= 11 is 0. The molecule has 0 aromatic heterocycles. The van der Waals surface area contributed by atoms with Crippen molar-refractivity contribution in [1.82, 2.24) is 5.32 Å². The van der Waals surface area contributed by atoms with E-state index in [0.717, 1.165) is 19.3 Å². The topological polar surface area (TPSA) is 72.2 Å². The van der Waals surface area contributed by atoms with E-state index in [1.165, 1.54) is 12.5 Å². The molecule has 0 radical (unpaired) electrons. The fraction of sp³-hybridized carbons (Fsp3) is 0.500. The number of carbonyl (C=O) groups excluding carboxylic acids is 1. The van der Waals surface area contributed by atoms with Gasteiger partial charge in [-0.1, -0.05) is 44.4 Å². The van der Waals surface area contributed by atoms with Crippen molar-refractivity contribution < 1.29 is 9.72 Å². The minimum absolute atomic E-state index is 0.00336.